The molecule has 1 N–H and O–H groups in total. The van der Waals surface area contributed by atoms with Gasteiger partial charge in [0.25, 0.3) is 5.56 Å². The van der Waals surface area contributed by atoms with Crippen molar-refractivity contribution in [1.82, 2.24) is 9.88 Å². The number of para-hydroxylation sites is 1. The first-order chi connectivity index (χ1) is 8.68. The van der Waals surface area contributed by atoms with Crippen LogP contribution < -0.4 is 15.8 Å². The summed E-state index contributed by atoms with van der Waals surface area (Å²) in [5.41, 5.74) is 2.06. The molecule has 1 aliphatic rings. The van der Waals surface area contributed by atoms with Crippen molar-refractivity contribution in [3.05, 3.63) is 40.7 Å². The van der Waals surface area contributed by atoms with Gasteiger partial charge in [0.05, 0.1) is 17.2 Å². The lowest BCUT2D eigenvalue weighted by Crippen LogP contribution is -2.56. The number of rotatable bonds is 2. The first-order valence-corrected chi connectivity index (χ1v) is 6.21. The van der Waals surface area contributed by atoms with E-state index in [1.807, 2.05) is 25.2 Å². The summed E-state index contributed by atoms with van der Waals surface area (Å²) in [5.74, 6) is 0. The first kappa shape index (κ1) is 11.3. The zero-order valence-corrected chi connectivity index (χ0v) is 10.7. The molecule has 2 heterocycles. The van der Waals surface area contributed by atoms with E-state index in [0.717, 1.165) is 29.7 Å². The normalized spacial score (nSPS) is 15.7. The lowest BCUT2D eigenvalue weighted by molar-refractivity contribution is 0.429. The fraction of sp³-hybridized carbons (Fsp3) is 0.357. The number of aryl methyl sites for hydroxylation is 1. The Morgan fingerprint density at radius 3 is 2.72 bits per heavy atom. The number of hydrogen-bond donors (Lipinski definition) is 1. The summed E-state index contributed by atoms with van der Waals surface area (Å²) in [7, 11) is 3.88. The number of hydrogen-bond acceptors (Lipinski definition) is 3. The van der Waals surface area contributed by atoms with Crippen LogP contribution in [-0.4, -0.2) is 30.7 Å². The van der Waals surface area contributed by atoms with Gasteiger partial charge in [0.2, 0.25) is 0 Å². The fourth-order valence-corrected chi connectivity index (χ4v) is 2.43. The van der Waals surface area contributed by atoms with Gasteiger partial charge >= 0.3 is 0 Å². The van der Waals surface area contributed by atoms with E-state index in [1.165, 1.54) is 0 Å². The van der Waals surface area contributed by atoms with Crippen molar-refractivity contribution < 1.29 is 0 Å². The number of nitrogens with zero attached hydrogens (tertiary/aromatic N) is 2. The summed E-state index contributed by atoms with van der Waals surface area (Å²) in [5, 5.41) is 4.39. The Balaban J connectivity index is 2.22. The van der Waals surface area contributed by atoms with Gasteiger partial charge in [-0.05, 0) is 6.07 Å². The van der Waals surface area contributed by atoms with Crippen LogP contribution in [0.4, 0.5) is 5.69 Å². The predicted molar refractivity (Wildman–Crippen MR) is 74.2 cm³/mol. The van der Waals surface area contributed by atoms with Crippen LogP contribution in [0.25, 0.3) is 10.9 Å². The highest BCUT2D eigenvalue weighted by Gasteiger charge is 2.23. The van der Waals surface area contributed by atoms with Gasteiger partial charge in [-0.2, -0.15) is 0 Å². The van der Waals surface area contributed by atoms with Crippen LogP contribution in [0, 0.1) is 0 Å². The van der Waals surface area contributed by atoms with Crippen LogP contribution in [-0.2, 0) is 7.05 Å². The van der Waals surface area contributed by atoms with Crippen molar-refractivity contribution in [1.29, 1.82) is 0 Å². The molecule has 3 rings (SSSR count). The highest BCUT2D eigenvalue weighted by atomic mass is 16.1. The molecule has 0 radical (unpaired) electrons. The lowest BCUT2D eigenvalue weighted by atomic mass is 10.1. The molecule has 1 aliphatic heterocycles. The monoisotopic (exact) mass is 243 g/mol. The summed E-state index contributed by atoms with van der Waals surface area (Å²) in [6.45, 7) is 1.97. The minimum Gasteiger partial charge on any atom is -0.368 e. The summed E-state index contributed by atoms with van der Waals surface area (Å²) in [6, 6.07) is 10.3. The van der Waals surface area contributed by atoms with E-state index in [0.29, 0.717) is 6.04 Å². The van der Waals surface area contributed by atoms with E-state index in [1.54, 1.807) is 10.6 Å². The zero-order chi connectivity index (χ0) is 12.7. The number of nitrogens with one attached hydrogen (secondary N) is 1. The van der Waals surface area contributed by atoms with E-state index >= 15 is 0 Å². The summed E-state index contributed by atoms with van der Waals surface area (Å²) in [6.07, 6.45) is 0. The molecule has 0 aliphatic carbocycles. The topological polar surface area (TPSA) is 37.3 Å². The molecular formula is C14H17N3O. The summed E-state index contributed by atoms with van der Waals surface area (Å²) in [4.78, 5) is 14.2. The van der Waals surface area contributed by atoms with Gasteiger partial charge in [-0.1, -0.05) is 18.2 Å². The maximum Gasteiger partial charge on any atom is 0.252 e. The number of benzene rings is 1. The van der Waals surface area contributed by atoms with Crippen LogP contribution >= 0.6 is 0 Å². The predicted octanol–water partition coefficient (Wildman–Crippen LogP) is 0.946. The van der Waals surface area contributed by atoms with Gasteiger partial charge in [0, 0.05) is 38.6 Å². The Bertz CT molecular complexity index is 643. The van der Waals surface area contributed by atoms with Gasteiger partial charge in [0.15, 0.2) is 0 Å². The Kier molecular flexibility index (Phi) is 2.59. The molecule has 1 aromatic heterocycles. The van der Waals surface area contributed by atoms with Gasteiger partial charge in [-0.15, -0.1) is 0 Å². The molecule has 1 aromatic carbocycles. The number of aromatic nitrogens is 1. The van der Waals surface area contributed by atoms with Gasteiger partial charge in [-0.25, -0.2) is 0 Å². The van der Waals surface area contributed by atoms with Crippen LogP contribution in [0.15, 0.2) is 35.1 Å². The van der Waals surface area contributed by atoms with Crippen LogP contribution in [0.5, 0.6) is 0 Å². The third kappa shape index (κ3) is 1.61. The second-order valence-corrected chi connectivity index (χ2v) is 4.87. The van der Waals surface area contributed by atoms with Crippen LogP contribution in [0.3, 0.4) is 0 Å². The van der Waals surface area contributed by atoms with Crippen molar-refractivity contribution in [2.75, 3.05) is 25.0 Å². The highest BCUT2D eigenvalue weighted by molar-refractivity contribution is 5.92. The summed E-state index contributed by atoms with van der Waals surface area (Å²) < 4.78 is 1.70. The second-order valence-electron chi connectivity index (χ2n) is 4.87. The fourth-order valence-electron chi connectivity index (χ4n) is 2.43. The Labute approximate surface area is 106 Å². The van der Waals surface area contributed by atoms with Crippen molar-refractivity contribution in [3.8, 4) is 0 Å². The minimum atomic E-state index is 0.0443. The molecule has 94 valence electrons. The molecule has 0 spiro atoms. The third-order valence-electron chi connectivity index (χ3n) is 3.82. The number of pyridine rings is 1. The van der Waals surface area contributed by atoms with Gasteiger partial charge in [0.1, 0.15) is 0 Å². The molecule has 0 bridgehead atoms. The molecule has 0 unspecified atom stereocenters. The molecule has 1 fully saturated rings. The van der Waals surface area contributed by atoms with Crippen molar-refractivity contribution in [2.24, 2.45) is 7.05 Å². The quantitative estimate of drug-likeness (QED) is 0.853. The van der Waals surface area contributed by atoms with E-state index in [9.17, 15) is 4.79 Å². The SMILES string of the molecule is CN(c1cc(=O)n(C)c2ccccc12)C1CNC1. The molecule has 0 atom stereocenters. The third-order valence-corrected chi connectivity index (χ3v) is 3.82. The molecule has 18 heavy (non-hydrogen) atoms. The molecule has 0 amide bonds. The average molecular weight is 243 g/mol. The molecule has 4 heteroatoms. The molecule has 1 saturated heterocycles. The number of fused-ring (bicyclic) bond motifs is 1. The maximum absolute atomic E-state index is 12.0. The largest absolute Gasteiger partial charge is 0.368 e. The second kappa shape index (κ2) is 4.14. The highest BCUT2D eigenvalue weighted by Crippen LogP contribution is 2.25. The number of anilines is 1. The Hall–Kier alpha value is -1.81. The molecule has 4 nitrogen and oxygen atoms in total. The lowest BCUT2D eigenvalue weighted by Gasteiger charge is -2.37. The summed E-state index contributed by atoms with van der Waals surface area (Å²) >= 11 is 0. The van der Waals surface area contributed by atoms with E-state index < -0.39 is 0 Å². The van der Waals surface area contributed by atoms with Crippen molar-refractivity contribution >= 4 is 16.6 Å². The minimum absolute atomic E-state index is 0.0443. The molecule has 2 aromatic rings. The van der Waals surface area contributed by atoms with Gasteiger partial charge < -0.3 is 14.8 Å². The first-order valence-electron chi connectivity index (χ1n) is 6.21. The average Bonchev–Trinajstić information content (AvgIpc) is 2.31. The number of likely N-dealkylation sites (N-methyl/N-ethyl adjacent to an activating group) is 1. The van der Waals surface area contributed by atoms with Crippen LogP contribution in [0.1, 0.15) is 0 Å². The van der Waals surface area contributed by atoms with Gasteiger partial charge in [-0.3, -0.25) is 4.79 Å². The standard InChI is InChI=1S/C14H17N3O/c1-16(10-8-15-9-10)13-7-14(18)17(2)12-6-4-3-5-11(12)13/h3-7,10,15H,8-9H2,1-2H3. The van der Waals surface area contributed by atoms with E-state index in [4.69, 9.17) is 0 Å². The zero-order valence-electron chi connectivity index (χ0n) is 10.7. The molecular weight excluding hydrogens is 226 g/mol. The maximum atomic E-state index is 12.0. The van der Waals surface area contributed by atoms with E-state index in [2.05, 4.69) is 23.3 Å². The smallest absolute Gasteiger partial charge is 0.252 e. The van der Waals surface area contributed by atoms with Crippen molar-refractivity contribution in [3.63, 3.8) is 0 Å². The van der Waals surface area contributed by atoms with Crippen molar-refractivity contribution in [2.45, 2.75) is 6.04 Å². The Morgan fingerprint density at radius 2 is 2.06 bits per heavy atom. The molecule has 0 saturated carbocycles. The van der Waals surface area contributed by atoms with E-state index in [-0.39, 0.29) is 5.56 Å². The Morgan fingerprint density at radius 1 is 1.33 bits per heavy atom. The van der Waals surface area contributed by atoms with Crippen LogP contribution in [0.2, 0.25) is 0 Å².